The summed E-state index contributed by atoms with van der Waals surface area (Å²) < 4.78 is 47.5. The quantitative estimate of drug-likeness (QED) is 0.118. The molecule has 0 bridgehead atoms. The monoisotopic (exact) mass is 885 g/mol. The van der Waals surface area contributed by atoms with Crippen LogP contribution in [0.1, 0.15) is 140 Å². The van der Waals surface area contributed by atoms with Crippen molar-refractivity contribution in [2.45, 2.75) is 109 Å². The number of halogens is 2. The van der Waals surface area contributed by atoms with E-state index in [0.717, 1.165) is 34.5 Å². The Morgan fingerprint density at radius 1 is 0.712 bits per heavy atom. The number of hydrogen-bond donors (Lipinski definition) is 3. The van der Waals surface area contributed by atoms with Gasteiger partial charge in [-0.1, -0.05) is 72.7 Å². The smallest absolute Gasteiger partial charge is 0.253 e. The molecule has 59 heavy (non-hydrogen) atoms. The number of nitrogens with one attached hydrogen (secondary N) is 3. The van der Waals surface area contributed by atoms with Crippen LogP contribution < -0.4 is 16.0 Å². The highest BCUT2D eigenvalue weighted by Crippen LogP contribution is 2.44. The van der Waals surface area contributed by atoms with E-state index >= 15 is 0 Å². The van der Waals surface area contributed by atoms with Gasteiger partial charge in [0.1, 0.15) is 0 Å². The van der Waals surface area contributed by atoms with Crippen molar-refractivity contribution >= 4 is 54.7 Å². The fourth-order valence-electron chi connectivity index (χ4n) is 7.23. The van der Waals surface area contributed by atoms with E-state index in [4.69, 9.17) is 23.2 Å². The summed E-state index contributed by atoms with van der Waals surface area (Å²) in [6.45, 7) is 16.9. The molecule has 2 aliphatic rings. The van der Waals surface area contributed by atoms with Gasteiger partial charge in [-0.05, 0) is 89.8 Å². The summed E-state index contributed by atoms with van der Waals surface area (Å²) in [5.41, 5.74) is 7.19. The number of carbonyl (C=O) groups excluding carboxylic acids is 2. The summed E-state index contributed by atoms with van der Waals surface area (Å²) in [6.07, 6.45) is 4.37. The Morgan fingerprint density at radius 3 is 1.54 bits per heavy atom. The Morgan fingerprint density at radius 2 is 1.14 bits per heavy atom. The SMILES string of the molecule is CCS(=O)(=O)c1ccc(CNC(=O)c2cnc3c(c2)C(C)C[C@H]3C(C)C)cc1.CCS(=O)(=O)c1ccc(CNC(=O)c2cnc3c(c2)C(C)N[C@H]3C(C)C)cc1.ClCCl. The molecule has 0 saturated carbocycles. The second-order valence-electron chi connectivity index (χ2n) is 15.6. The minimum absolute atomic E-state index is 0.0688. The largest absolute Gasteiger partial charge is 0.348 e. The maximum atomic E-state index is 12.6. The third-order valence-corrected chi connectivity index (χ3v) is 14.3. The molecule has 15 heteroatoms. The fraction of sp³-hybridized carbons (Fsp3) is 0.455. The van der Waals surface area contributed by atoms with Crippen LogP contribution in [0.3, 0.4) is 0 Å². The zero-order valence-electron chi connectivity index (χ0n) is 35.1. The molecule has 2 aromatic carbocycles. The van der Waals surface area contributed by atoms with Gasteiger partial charge in [0.15, 0.2) is 19.7 Å². The average Bonchev–Trinajstić information content (AvgIpc) is 3.75. The highest BCUT2D eigenvalue weighted by atomic mass is 35.5. The van der Waals surface area contributed by atoms with Gasteiger partial charge in [0.05, 0.1) is 49.5 Å². The first-order valence-electron chi connectivity index (χ1n) is 19.9. The molecule has 4 atom stereocenters. The van der Waals surface area contributed by atoms with Crippen molar-refractivity contribution in [3.05, 3.63) is 118 Å². The van der Waals surface area contributed by atoms with E-state index in [1.54, 1.807) is 74.8 Å². The number of benzene rings is 2. The van der Waals surface area contributed by atoms with Crippen LogP contribution in [0.15, 0.2) is 82.8 Å². The number of pyridine rings is 2. The lowest BCUT2D eigenvalue weighted by Crippen LogP contribution is -2.23. The summed E-state index contributed by atoms with van der Waals surface area (Å²) in [5, 5.41) is 9.49. The molecule has 3 N–H and O–H groups in total. The number of sulfone groups is 2. The predicted molar refractivity (Wildman–Crippen MR) is 235 cm³/mol. The van der Waals surface area contributed by atoms with Crippen molar-refractivity contribution in [1.82, 2.24) is 25.9 Å². The molecule has 11 nitrogen and oxygen atoms in total. The maximum Gasteiger partial charge on any atom is 0.253 e. The molecular formula is C44H57Cl2N5O6S2. The highest BCUT2D eigenvalue weighted by Gasteiger charge is 2.33. The zero-order valence-corrected chi connectivity index (χ0v) is 38.2. The Bertz CT molecular complexity index is 2130. The molecule has 320 valence electrons. The second kappa shape index (κ2) is 21.1. The Kier molecular flexibility index (Phi) is 17.1. The minimum atomic E-state index is -3.21. The molecule has 1 aliphatic carbocycles. The lowest BCUT2D eigenvalue weighted by molar-refractivity contribution is 0.0942. The van der Waals surface area contributed by atoms with E-state index in [1.165, 1.54) is 5.56 Å². The number of carbonyl (C=O) groups is 2. The summed E-state index contributed by atoms with van der Waals surface area (Å²) >= 11 is 9.53. The first-order chi connectivity index (χ1) is 27.9. The molecule has 0 radical (unpaired) electrons. The number of rotatable bonds is 12. The molecule has 0 fully saturated rings. The van der Waals surface area contributed by atoms with Gasteiger partial charge in [-0.15, -0.1) is 23.2 Å². The summed E-state index contributed by atoms with van der Waals surface area (Å²) in [6, 6.07) is 17.5. The van der Waals surface area contributed by atoms with Gasteiger partial charge in [-0.25, -0.2) is 16.8 Å². The number of hydrogen-bond acceptors (Lipinski definition) is 9. The van der Waals surface area contributed by atoms with Gasteiger partial charge in [-0.2, -0.15) is 0 Å². The van der Waals surface area contributed by atoms with Crippen molar-refractivity contribution < 1.29 is 26.4 Å². The van der Waals surface area contributed by atoms with E-state index in [1.807, 2.05) is 12.1 Å². The summed E-state index contributed by atoms with van der Waals surface area (Å²) in [5.74, 6) is 1.62. The third kappa shape index (κ3) is 12.1. The first kappa shape index (κ1) is 47.8. The summed E-state index contributed by atoms with van der Waals surface area (Å²) in [7, 11) is -6.42. The van der Waals surface area contributed by atoms with Crippen LogP contribution in [0.2, 0.25) is 0 Å². The molecular weight excluding hydrogens is 830 g/mol. The molecule has 3 heterocycles. The van der Waals surface area contributed by atoms with Crippen LogP contribution in [0.4, 0.5) is 0 Å². The van der Waals surface area contributed by atoms with E-state index < -0.39 is 19.7 Å². The van der Waals surface area contributed by atoms with Gasteiger partial charge in [0.25, 0.3) is 11.8 Å². The van der Waals surface area contributed by atoms with Crippen molar-refractivity contribution in [1.29, 1.82) is 0 Å². The lowest BCUT2D eigenvalue weighted by atomic mass is 9.92. The van der Waals surface area contributed by atoms with Crippen LogP contribution in [0, 0.1) is 11.8 Å². The Balaban J connectivity index is 0.000000244. The van der Waals surface area contributed by atoms with E-state index in [9.17, 15) is 26.4 Å². The lowest BCUT2D eigenvalue weighted by Gasteiger charge is -2.15. The van der Waals surface area contributed by atoms with Crippen LogP contribution >= 0.6 is 23.2 Å². The summed E-state index contributed by atoms with van der Waals surface area (Å²) in [4.78, 5) is 34.9. The number of fused-ring (bicyclic) bond motifs is 2. The topological polar surface area (TPSA) is 164 Å². The Labute approximate surface area is 360 Å². The molecule has 2 aromatic heterocycles. The van der Waals surface area contributed by atoms with Gasteiger partial charge in [0, 0.05) is 43.1 Å². The van der Waals surface area contributed by atoms with Crippen molar-refractivity contribution in [3.63, 3.8) is 0 Å². The van der Waals surface area contributed by atoms with Crippen LogP contribution in [-0.2, 0) is 32.8 Å². The van der Waals surface area contributed by atoms with Gasteiger partial charge in [-0.3, -0.25) is 19.6 Å². The zero-order chi connectivity index (χ0) is 43.7. The van der Waals surface area contributed by atoms with E-state index in [2.05, 4.69) is 67.5 Å². The number of amides is 2. The first-order valence-corrected chi connectivity index (χ1v) is 24.3. The van der Waals surface area contributed by atoms with Crippen molar-refractivity contribution in [2.75, 3.05) is 16.8 Å². The average molecular weight is 887 g/mol. The minimum Gasteiger partial charge on any atom is -0.348 e. The molecule has 0 spiro atoms. The highest BCUT2D eigenvalue weighted by molar-refractivity contribution is 7.91. The molecule has 2 amide bonds. The van der Waals surface area contributed by atoms with Crippen molar-refractivity contribution in [3.8, 4) is 0 Å². The predicted octanol–water partition coefficient (Wildman–Crippen LogP) is 8.64. The van der Waals surface area contributed by atoms with Gasteiger partial charge < -0.3 is 16.0 Å². The molecule has 6 rings (SSSR count). The number of alkyl halides is 2. The molecule has 0 saturated heterocycles. The van der Waals surface area contributed by atoms with Crippen LogP contribution in [0.25, 0.3) is 0 Å². The third-order valence-electron chi connectivity index (χ3n) is 10.8. The standard InChI is InChI=1S/C22H28N2O3S.C21H27N3O3S.CH2Cl2/c1-5-28(26,27)18-8-6-16(7-9-18)12-24-22(25)17-11-20-15(4)10-19(14(2)3)21(20)23-13-17;1-5-28(26,27)17-8-6-15(7-9-17)11-23-21(25)16-10-18-14(4)24-19(13(2)3)20(18)22-12-16;2-1-3/h6-9,11,13-15,19H,5,10,12H2,1-4H3,(H,24,25);6-10,12-14,19,24H,5,11H2,1-4H3,(H,23,25);1H2/t15?,19-;14?,19-;/m00./s1. The van der Waals surface area contributed by atoms with Gasteiger partial charge >= 0.3 is 0 Å². The number of aromatic nitrogens is 2. The molecule has 4 aromatic rings. The normalized spacial score (nSPS) is 18.2. The molecule has 1 aliphatic heterocycles. The Hall–Kier alpha value is -3.88. The fourth-order valence-corrected chi connectivity index (χ4v) is 9.00. The van der Waals surface area contributed by atoms with Gasteiger partial charge in [0.2, 0.25) is 0 Å². The maximum absolute atomic E-state index is 12.6. The van der Waals surface area contributed by atoms with E-state index in [-0.39, 0.29) is 40.7 Å². The molecule has 2 unspecified atom stereocenters. The van der Waals surface area contributed by atoms with E-state index in [0.29, 0.717) is 57.7 Å². The number of nitrogens with zero attached hydrogens (tertiary/aromatic N) is 2. The van der Waals surface area contributed by atoms with Crippen molar-refractivity contribution in [2.24, 2.45) is 11.8 Å². The van der Waals surface area contributed by atoms with Crippen LogP contribution in [-0.4, -0.2) is 55.5 Å². The van der Waals surface area contributed by atoms with Crippen LogP contribution in [0.5, 0.6) is 0 Å². The second-order valence-corrected chi connectivity index (χ2v) is 20.9.